The van der Waals surface area contributed by atoms with E-state index in [1.54, 1.807) is 17.0 Å². The van der Waals surface area contributed by atoms with Gasteiger partial charge in [0.05, 0.1) is 5.69 Å². The summed E-state index contributed by atoms with van der Waals surface area (Å²) in [6.07, 6.45) is 5.46. The Morgan fingerprint density at radius 2 is 1.77 bits per heavy atom. The number of carbonyl (C=O) groups excluding carboxylic acids is 1. The molecule has 0 spiro atoms. The van der Waals surface area contributed by atoms with E-state index in [1.807, 2.05) is 12.1 Å². The van der Waals surface area contributed by atoms with Crippen LogP contribution in [0.25, 0.3) is 0 Å². The van der Waals surface area contributed by atoms with Gasteiger partial charge in [-0.05, 0) is 24.1 Å². The van der Waals surface area contributed by atoms with Crippen molar-refractivity contribution in [2.75, 3.05) is 5.32 Å². The Labute approximate surface area is 126 Å². The predicted octanol–water partition coefficient (Wildman–Crippen LogP) is 2.98. The number of amides is 1. The van der Waals surface area contributed by atoms with E-state index < -0.39 is 23.4 Å². The van der Waals surface area contributed by atoms with Crippen LogP contribution in [-0.4, -0.2) is 5.91 Å². The van der Waals surface area contributed by atoms with E-state index in [1.165, 1.54) is 0 Å². The Morgan fingerprint density at radius 1 is 1.09 bits per heavy atom. The van der Waals surface area contributed by atoms with Crippen LogP contribution < -0.4 is 9.88 Å². The topological polar surface area (TPSA) is 33.0 Å². The molecule has 0 aliphatic carbocycles. The van der Waals surface area contributed by atoms with Crippen molar-refractivity contribution in [2.24, 2.45) is 0 Å². The standard InChI is InChI=1S/C16H15F3N2O/c1-2-3-11-6-8-21(9-7-11)10-14(22)20-13-5-4-12(17)15(18)16(13)19/h4-9H,2-3,10H2,1H3/p+1. The van der Waals surface area contributed by atoms with Crippen LogP contribution in [0.15, 0.2) is 36.7 Å². The first kappa shape index (κ1) is 16.0. The molecule has 22 heavy (non-hydrogen) atoms. The lowest BCUT2D eigenvalue weighted by atomic mass is 10.2. The number of aromatic nitrogens is 1. The summed E-state index contributed by atoms with van der Waals surface area (Å²) < 4.78 is 41.0. The first-order valence-corrected chi connectivity index (χ1v) is 6.92. The fourth-order valence-corrected chi connectivity index (χ4v) is 2.03. The van der Waals surface area contributed by atoms with E-state index in [0.717, 1.165) is 30.5 Å². The average Bonchev–Trinajstić information content (AvgIpc) is 2.50. The molecule has 1 aromatic carbocycles. The molecular weight excluding hydrogens is 293 g/mol. The Morgan fingerprint density at radius 3 is 2.41 bits per heavy atom. The second-order valence-corrected chi connectivity index (χ2v) is 4.90. The molecule has 1 amide bonds. The van der Waals surface area contributed by atoms with Crippen molar-refractivity contribution < 1.29 is 22.5 Å². The second kappa shape index (κ2) is 7.06. The van der Waals surface area contributed by atoms with Crippen LogP contribution in [0.2, 0.25) is 0 Å². The number of nitrogens with one attached hydrogen (secondary N) is 1. The van der Waals surface area contributed by atoms with Crippen LogP contribution in [-0.2, 0) is 17.8 Å². The highest BCUT2D eigenvalue weighted by atomic mass is 19.2. The number of aryl methyl sites for hydroxylation is 1. The molecule has 0 atom stereocenters. The highest BCUT2D eigenvalue weighted by molar-refractivity contribution is 5.89. The maximum Gasteiger partial charge on any atom is 0.290 e. The Hall–Kier alpha value is -2.37. The third-order valence-corrected chi connectivity index (χ3v) is 3.13. The number of hydrogen-bond donors (Lipinski definition) is 1. The molecule has 0 unspecified atom stereocenters. The highest BCUT2D eigenvalue weighted by Crippen LogP contribution is 2.19. The van der Waals surface area contributed by atoms with Crippen LogP contribution in [0.4, 0.5) is 18.9 Å². The molecule has 1 N–H and O–H groups in total. The van der Waals surface area contributed by atoms with Gasteiger partial charge < -0.3 is 5.32 Å². The molecule has 0 aliphatic heterocycles. The van der Waals surface area contributed by atoms with Gasteiger partial charge in [0, 0.05) is 12.1 Å². The molecular formula is C16H16F3N2O+. The zero-order chi connectivity index (χ0) is 16.1. The molecule has 0 radical (unpaired) electrons. The molecule has 0 saturated carbocycles. The zero-order valence-electron chi connectivity index (χ0n) is 12.1. The van der Waals surface area contributed by atoms with Crippen LogP contribution in [0.1, 0.15) is 18.9 Å². The van der Waals surface area contributed by atoms with Gasteiger partial charge in [0.25, 0.3) is 5.91 Å². The van der Waals surface area contributed by atoms with Crippen LogP contribution in [0, 0.1) is 17.5 Å². The monoisotopic (exact) mass is 309 g/mol. The lowest BCUT2D eigenvalue weighted by Crippen LogP contribution is -2.39. The van der Waals surface area contributed by atoms with Crippen molar-refractivity contribution >= 4 is 11.6 Å². The van der Waals surface area contributed by atoms with Crippen molar-refractivity contribution in [1.29, 1.82) is 0 Å². The summed E-state index contributed by atoms with van der Waals surface area (Å²) in [5, 5.41) is 2.23. The van der Waals surface area contributed by atoms with Crippen molar-refractivity contribution in [2.45, 2.75) is 26.3 Å². The van der Waals surface area contributed by atoms with Crippen molar-refractivity contribution in [3.05, 3.63) is 59.7 Å². The molecule has 0 saturated heterocycles. The SMILES string of the molecule is CCCc1cc[n+](CC(=O)Nc2ccc(F)c(F)c2F)cc1. The molecule has 1 heterocycles. The van der Waals surface area contributed by atoms with Gasteiger partial charge in [-0.1, -0.05) is 13.3 Å². The first-order chi connectivity index (χ1) is 10.5. The number of benzene rings is 1. The molecule has 0 bridgehead atoms. The van der Waals surface area contributed by atoms with Crippen molar-refractivity contribution in [1.82, 2.24) is 0 Å². The van der Waals surface area contributed by atoms with Crippen molar-refractivity contribution in [3.8, 4) is 0 Å². The highest BCUT2D eigenvalue weighted by Gasteiger charge is 2.17. The zero-order valence-corrected chi connectivity index (χ0v) is 12.1. The smallest absolute Gasteiger partial charge is 0.290 e. The third-order valence-electron chi connectivity index (χ3n) is 3.13. The number of rotatable bonds is 5. The molecule has 0 fully saturated rings. The molecule has 3 nitrogen and oxygen atoms in total. The van der Waals surface area contributed by atoms with Crippen LogP contribution in [0.3, 0.4) is 0 Å². The molecule has 116 valence electrons. The lowest BCUT2D eigenvalue weighted by Gasteiger charge is -2.06. The number of hydrogen-bond acceptors (Lipinski definition) is 1. The van der Waals surface area contributed by atoms with Gasteiger partial charge in [-0.3, -0.25) is 4.79 Å². The van der Waals surface area contributed by atoms with Gasteiger partial charge in [0.1, 0.15) is 0 Å². The van der Waals surface area contributed by atoms with E-state index in [2.05, 4.69) is 12.2 Å². The summed E-state index contributed by atoms with van der Waals surface area (Å²) in [6, 6.07) is 5.55. The molecule has 2 aromatic rings. The van der Waals surface area contributed by atoms with Gasteiger partial charge in [-0.2, -0.15) is 4.57 Å². The summed E-state index contributed by atoms with van der Waals surface area (Å²) in [4.78, 5) is 11.8. The van der Waals surface area contributed by atoms with Crippen molar-refractivity contribution in [3.63, 3.8) is 0 Å². The third kappa shape index (κ3) is 3.84. The van der Waals surface area contributed by atoms with E-state index in [-0.39, 0.29) is 12.2 Å². The Bertz CT molecular complexity index is 672. The van der Waals surface area contributed by atoms with E-state index >= 15 is 0 Å². The first-order valence-electron chi connectivity index (χ1n) is 6.92. The molecule has 1 aromatic heterocycles. The minimum absolute atomic E-state index is 0.0508. The summed E-state index contributed by atoms with van der Waals surface area (Å²) >= 11 is 0. The summed E-state index contributed by atoms with van der Waals surface area (Å²) in [7, 11) is 0. The fraction of sp³-hybridized carbons (Fsp3) is 0.250. The summed E-state index contributed by atoms with van der Waals surface area (Å²) in [6.45, 7) is 2.02. The molecule has 2 rings (SSSR count). The van der Waals surface area contributed by atoms with Gasteiger partial charge in [0.2, 0.25) is 6.54 Å². The van der Waals surface area contributed by atoms with E-state index in [4.69, 9.17) is 0 Å². The number of pyridine rings is 1. The Kier molecular flexibility index (Phi) is 5.14. The maximum atomic E-state index is 13.5. The Balaban J connectivity index is 2.02. The average molecular weight is 309 g/mol. The fourth-order valence-electron chi connectivity index (χ4n) is 2.03. The number of carbonyl (C=O) groups is 1. The van der Waals surface area contributed by atoms with E-state index in [9.17, 15) is 18.0 Å². The summed E-state index contributed by atoms with van der Waals surface area (Å²) in [5.41, 5.74) is 0.776. The van der Waals surface area contributed by atoms with Gasteiger partial charge in [-0.15, -0.1) is 0 Å². The van der Waals surface area contributed by atoms with Crippen LogP contribution >= 0.6 is 0 Å². The number of halogens is 3. The van der Waals surface area contributed by atoms with Crippen LogP contribution in [0.5, 0.6) is 0 Å². The minimum Gasteiger partial charge on any atom is -0.318 e. The van der Waals surface area contributed by atoms with Gasteiger partial charge >= 0.3 is 0 Å². The molecule has 0 aliphatic rings. The van der Waals surface area contributed by atoms with Gasteiger partial charge in [-0.25, -0.2) is 13.2 Å². The number of anilines is 1. The largest absolute Gasteiger partial charge is 0.318 e. The quantitative estimate of drug-likeness (QED) is 0.668. The summed E-state index contributed by atoms with van der Waals surface area (Å²) in [5.74, 6) is -4.83. The van der Waals surface area contributed by atoms with E-state index in [0.29, 0.717) is 0 Å². The van der Waals surface area contributed by atoms with Gasteiger partial charge in [0.15, 0.2) is 29.8 Å². The second-order valence-electron chi connectivity index (χ2n) is 4.90. The number of nitrogens with zero attached hydrogens (tertiary/aromatic N) is 1. The molecule has 6 heteroatoms. The predicted molar refractivity (Wildman–Crippen MR) is 75.6 cm³/mol. The maximum absolute atomic E-state index is 13.5. The lowest BCUT2D eigenvalue weighted by molar-refractivity contribution is -0.684. The minimum atomic E-state index is -1.60. The normalized spacial score (nSPS) is 10.5.